The molecule has 2 heterocycles. The maximum absolute atomic E-state index is 12.8. The Morgan fingerprint density at radius 3 is 2.24 bits per heavy atom. The van der Waals surface area contributed by atoms with Crippen molar-refractivity contribution in [2.24, 2.45) is 12.0 Å². The van der Waals surface area contributed by atoms with E-state index in [2.05, 4.69) is 23.8 Å². The molecule has 0 fully saturated rings. The molecule has 182 valence electrons. The molecule has 0 aliphatic rings. The molecule has 7 heteroatoms. The van der Waals surface area contributed by atoms with Gasteiger partial charge < -0.3 is 9.47 Å². The number of nitrogens with zero attached hydrogens (tertiary/aromatic N) is 4. The van der Waals surface area contributed by atoms with E-state index in [-0.39, 0.29) is 5.69 Å². The van der Waals surface area contributed by atoms with Gasteiger partial charge in [0.15, 0.2) is 0 Å². The monoisotopic (exact) mass is 456 g/mol. The lowest BCUT2D eigenvalue weighted by Gasteiger charge is -2.16. The van der Waals surface area contributed by atoms with E-state index in [1.807, 2.05) is 46.8 Å². The van der Waals surface area contributed by atoms with Gasteiger partial charge in [-0.15, -0.1) is 0 Å². The Morgan fingerprint density at radius 1 is 1.09 bits per heavy atom. The molecule has 0 spiro atoms. The van der Waals surface area contributed by atoms with E-state index in [0.29, 0.717) is 13.2 Å². The van der Waals surface area contributed by atoms with Gasteiger partial charge in [0.25, 0.3) is 0 Å². The zero-order chi connectivity index (χ0) is 25.3. The minimum absolute atomic E-state index is 0.0895. The van der Waals surface area contributed by atoms with Gasteiger partial charge in [-0.1, -0.05) is 33.3 Å². The van der Waals surface area contributed by atoms with E-state index in [9.17, 15) is 4.79 Å². The molecule has 0 saturated heterocycles. The highest BCUT2D eigenvalue weighted by Crippen LogP contribution is 2.35. The zero-order valence-corrected chi connectivity index (χ0v) is 22.2. The number of aromatic nitrogens is 3. The van der Waals surface area contributed by atoms with E-state index in [4.69, 9.17) is 9.47 Å². The number of pyridine rings is 1. The second kappa shape index (κ2) is 12.9. The number of hydrogen-bond donors (Lipinski definition) is 0. The molecule has 3 aromatic rings. The highest BCUT2D eigenvalue weighted by Gasteiger charge is 2.19. The number of fused-ring (bicyclic) bond motifs is 3. The van der Waals surface area contributed by atoms with Gasteiger partial charge in [-0.3, -0.25) is 19.1 Å². The largest absolute Gasteiger partial charge is 0.496 e. The Kier molecular flexibility index (Phi) is 11.0. The van der Waals surface area contributed by atoms with Crippen LogP contribution in [0.25, 0.3) is 27.5 Å². The summed E-state index contributed by atoms with van der Waals surface area (Å²) in [6.07, 6.45) is 1.76. The van der Waals surface area contributed by atoms with E-state index < -0.39 is 0 Å². The molecule has 0 radical (unpaired) electrons. The molecule has 3 rings (SSSR count). The zero-order valence-electron chi connectivity index (χ0n) is 22.2. The summed E-state index contributed by atoms with van der Waals surface area (Å²) < 4.78 is 14.3. The summed E-state index contributed by atoms with van der Waals surface area (Å²) in [6.45, 7) is 15.0. The summed E-state index contributed by atoms with van der Waals surface area (Å²) >= 11 is 0. The van der Waals surface area contributed by atoms with Gasteiger partial charge in [0.2, 0.25) is 0 Å². The first-order chi connectivity index (χ1) is 15.8. The third-order valence-electron chi connectivity index (χ3n) is 5.27. The van der Waals surface area contributed by atoms with Crippen LogP contribution in [-0.2, 0) is 18.3 Å². The number of aliphatic imine (C=N–C) groups is 1. The van der Waals surface area contributed by atoms with Crippen LogP contribution < -0.4 is 10.4 Å². The predicted octanol–water partition coefficient (Wildman–Crippen LogP) is 5.48. The Bertz CT molecular complexity index is 1200. The lowest BCUT2D eigenvalue weighted by atomic mass is 9.95. The number of aryl methyl sites for hydroxylation is 1. The fraction of sp³-hybridized carbons (Fsp3) is 0.500. The molecule has 0 saturated carbocycles. The van der Waals surface area contributed by atoms with Crippen LogP contribution in [-0.4, -0.2) is 47.7 Å². The first kappa shape index (κ1) is 28.1. The smallest absolute Gasteiger partial charge is 0.328 e. The molecule has 0 bridgehead atoms. The standard InChI is InChI=1S/C22H28N4O3.2C2H6/c1-13(2)20(14(3)23-4)16-10-17-15(11-19(16)29-7)21-18(12-24-17)26(8-9-28-6)22(27)25(21)5;2*1-2/h10-12H,8-9H2,1-7H3;2*1-2H3. The van der Waals surface area contributed by atoms with Crippen molar-refractivity contribution in [2.45, 2.75) is 55.0 Å². The maximum Gasteiger partial charge on any atom is 0.328 e. The summed E-state index contributed by atoms with van der Waals surface area (Å²) in [5.74, 6) is 0.725. The molecule has 0 atom stereocenters. The highest BCUT2D eigenvalue weighted by atomic mass is 16.5. The van der Waals surface area contributed by atoms with E-state index in [0.717, 1.165) is 50.1 Å². The quantitative estimate of drug-likeness (QED) is 0.461. The SMILES string of the molecule is CC.CC.CN=C(C)C(=C(C)C)c1cc2ncc3c(c2cc1OC)n(C)c(=O)n3CCOC. The number of ether oxygens (including phenoxy) is 2. The fourth-order valence-electron chi connectivity index (χ4n) is 3.83. The first-order valence-corrected chi connectivity index (χ1v) is 11.5. The van der Waals surface area contributed by atoms with Crippen molar-refractivity contribution >= 4 is 33.2 Å². The van der Waals surface area contributed by atoms with Crippen LogP contribution in [0.2, 0.25) is 0 Å². The Morgan fingerprint density at radius 2 is 1.73 bits per heavy atom. The summed E-state index contributed by atoms with van der Waals surface area (Å²) in [6, 6.07) is 3.98. The van der Waals surface area contributed by atoms with Gasteiger partial charge in [0.05, 0.1) is 43.0 Å². The van der Waals surface area contributed by atoms with Crippen LogP contribution in [0.4, 0.5) is 0 Å². The van der Waals surface area contributed by atoms with Crippen molar-refractivity contribution in [3.8, 4) is 5.75 Å². The molecule has 2 aromatic heterocycles. The minimum atomic E-state index is -0.0895. The van der Waals surface area contributed by atoms with Gasteiger partial charge in [-0.2, -0.15) is 0 Å². The number of allylic oxidation sites excluding steroid dienone is 2. The van der Waals surface area contributed by atoms with Crippen molar-refractivity contribution in [1.29, 1.82) is 0 Å². The van der Waals surface area contributed by atoms with Crippen LogP contribution in [0.3, 0.4) is 0 Å². The van der Waals surface area contributed by atoms with Crippen molar-refractivity contribution in [1.82, 2.24) is 14.1 Å². The van der Waals surface area contributed by atoms with E-state index in [1.54, 1.807) is 43.6 Å². The highest BCUT2D eigenvalue weighted by molar-refractivity contribution is 6.24. The van der Waals surface area contributed by atoms with E-state index >= 15 is 0 Å². The van der Waals surface area contributed by atoms with Crippen molar-refractivity contribution in [3.05, 3.63) is 40.0 Å². The Hall–Kier alpha value is -2.93. The third kappa shape index (κ3) is 5.53. The topological polar surface area (TPSA) is 70.6 Å². The van der Waals surface area contributed by atoms with Crippen LogP contribution in [0.5, 0.6) is 5.75 Å². The Balaban J connectivity index is 0.00000129. The van der Waals surface area contributed by atoms with Crippen molar-refractivity contribution < 1.29 is 9.47 Å². The van der Waals surface area contributed by atoms with Crippen molar-refractivity contribution in [2.75, 3.05) is 27.9 Å². The molecular weight excluding hydrogens is 416 g/mol. The third-order valence-corrected chi connectivity index (χ3v) is 5.27. The first-order valence-electron chi connectivity index (χ1n) is 11.5. The van der Waals surface area contributed by atoms with Gasteiger partial charge in [-0.25, -0.2) is 4.79 Å². The number of benzene rings is 1. The number of hydrogen-bond acceptors (Lipinski definition) is 5. The molecule has 0 N–H and O–H groups in total. The maximum atomic E-state index is 12.8. The van der Waals surface area contributed by atoms with Crippen LogP contribution >= 0.6 is 0 Å². The predicted molar refractivity (Wildman–Crippen MR) is 141 cm³/mol. The average molecular weight is 457 g/mol. The van der Waals surface area contributed by atoms with Crippen molar-refractivity contribution in [3.63, 3.8) is 0 Å². The van der Waals surface area contributed by atoms with Gasteiger partial charge >= 0.3 is 5.69 Å². The molecule has 0 aliphatic heterocycles. The summed E-state index contributed by atoms with van der Waals surface area (Å²) in [5, 5.41) is 0.873. The van der Waals surface area contributed by atoms with Crippen LogP contribution in [0, 0.1) is 0 Å². The molecule has 0 aliphatic carbocycles. The van der Waals surface area contributed by atoms with Gasteiger partial charge in [0, 0.05) is 43.4 Å². The second-order valence-corrected chi connectivity index (χ2v) is 7.23. The molecule has 0 amide bonds. The molecule has 7 nitrogen and oxygen atoms in total. The average Bonchev–Trinajstić information content (AvgIpc) is 3.09. The van der Waals surface area contributed by atoms with E-state index in [1.165, 1.54) is 0 Å². The number of methoxy groups -OCH3 is 2. The normalized spacial score (nSPS) is 10.9. The molecule has 0 unspecified atom stereocenters. The van der Waals surface area contributed by atoms with Crippen LogP contribution in [0.15, 0.2) is 33.7 Å². The fourth-order valence-corrected chi connectivity index (χ4v) is 3.83. The molecular formula is C26H40N4O3. The van der Waals surface area contributed by atoms with Gasteiger partial charge in [-0.05, 0) is 32.9 Å². The summed E-state index contributed by atoms with van der Waals surface area (Å²) in [5.41, 5.74) is 6.39. The number of rotatable bonds is 6. The number of imidazole rings is 1. The minimum Gasteiger partial charge on any atom is -0.496 e. The second-order valence-electron chi connectivity index (χ2n) is 7.23. The lowest BCUT2D eigenvalue weighted by molar-refractivity contribution is 0.187. The van der Waals surface area contributed by atoms with Crippen LogP contribution in [0.1, 0.15) is 54.0 Å². The van der Waals surface area contributed by atoms with Gasteiger partial charge in [0.1, 0.15) is 5.75 Å². The summed E-state index contributed by atoms with van der Waals surface area (Å²) in [4.78, 5) is 21.8. The Labute approximate surface area is 197 Å². The molecule has 1 aromatic carbocycles. The molecule has 33 heavy (non-hydrogen) atoms. The summed E-state index contributed by atoms with van der Waals surface area (Å²) in [7, 11) is 6.84. The lowest BCUT2D eigenvalue weighted by Crippen LogP contribution is -2.23.